The molecule has 0 spiro atoms. The van der Waals surface area contributed by atoms with Gasteiger partial charge in [-0.2, -0.15) is 0 Å². The Kier molecular flexibility index (Phi) is 4.08. The summed E-state index contributed by atoms with van der Waals surface area (Å²) in [6, 6.07) is 11.0. The summed E-state index contributed by atoms with van der Waals surface area (Å²) in [4.78, 5) is 7.17. The molecule has 2 aromatic rings. The van der Waals surface area contributed by atoms with Crippen molar-refractivity contribution in [3.63, 3.8) is 0 Å². The number of hydrogen-bond donors (Lipinski definition) is 1. The van der Waals surface area contributed by atoms with Crippen molar-refractivity contribution in [2.24, 2.45) is 0 Å². The first-order chi connectivity index (χ1) is 10.2. The van der Waals surface area contributed by atoms with Gasteiger partial charge < -0.3 is 14.8 Å². The summed E-state index contributed by atoms with van der Waals surface area (Å²) in [5.41, 5.74) is 3.82. The lowest BCUT2D eigenvalue weighted by Crippen LogP contribution is -2.28. The fourth-order valence-corrected chi connectivity index (χ4v) is 3.21. The van der Waals surface area contributed by atoms with Gasteiger partial charge in [-0.05, 0) is 21.0 Å². The number of imidazole rings is 1. The summed E-state index contributed by atoms with van der Waals surface area (Å²) in [6.07, 6.45) is 1.06. The van der Waals surface area contributed by atoms with Crippen LogP contribution in [0.2, 0.25) is 0 Å². The number of fused-ring (bicyclic) bond motifs is 1. The lowest BCUT2D eigenvalue weighted by molar-refractivity contribution is 0.333. The van der Waals surface area contributed by atoms with Crippen molar-refractivity contribution < 1.29 is 0 Å². The second-order valence-corrected chi connectivity index (χ2v) is 6.10. The van der Waals surface area contributed by atoms with E-state index >= 15 is 0 Å². The third kappa shape index (κ3) is 2.87. The van der Waals surface area contributed by atoms with E-state index in [1.54, 1.807) is 0 Å². The Morgan fingerprint density at radius 2 is 2.05 bits per heavy atom. The zero-order chi connectivity index (χ0) is 14.8. The Balaban J connectivity index is 2.08. The van der Waals surface area contributed by atoms with E-state index in [1.165, 1.54) is 17.0 Å². The molecule has 0 radical (unpaired) electrons. The van der Waals surface area contributed by atoms with Gasteiger partial charge in [0.1, 0.15) is 5.82 Å². The summed E-state index contributed by atoms with van der Waals surface area (Å²) in [5, 5.41) is 3.43. The first-order valence-corrected chi connectivity index (χ1v) is 7.67. The van der Waals surface area contributed by atoms with Gasteiger partial charge in [0.15, 0.2) is 0 Å². The number of hydrogen-bond acceptors (Lipinski definition) is 3. The van der Waals surface area contributed by atoms with Gasteiger partial charge in [-0.25, -0.2) is 4.98 Å². The maximum Gasteiger partial charge on any atom is 0.140 e. The fourth-order valence-electron chi connectivity index (χ4n) is 3.21. The van der Waals surface area contributed by atoms with Crippen molar-refractivity contribution in [2.45, 2.75) is 25.9 Å². The molecule has 4 heteroatoms. The average Bonchev–Trinajstić information content (AvgIpc) is 2.87. The summed E-state index contributed by atoms with van der Waals surface area (Å²) in [6.45, 7) is 5.24. The van der Waals surface area contributed by atoms with Crippen LogP contribution in [0.4, 0.5) is 0 Å². The number of benzene rings is 1. The van der Waals surface area contributed by atoms with E-state index < -0.39 is 0 Å². The van der Waals surface area contributed by atoms with Crippen molar-refractivity contribution in [3.05, 3.63) is 41.7 Å². The van der Waals surface area contributed by atoms with Crippen LogP contribution < -0.4 is 5.32 Å². The fraction of sp³-hybridized carbons (Fsp3) is 0.471. The molecular formula is C17H24N4. The summed E-state index contributed by atoms with van der Waals surface area (Å²) in [5.74, 6) is 1.11. The highest BCUT2D eigenvalue weighted by atomic mass is 15.2. The van der Waals surface area contributed by atoms with Gasteiger partial charge in [-0.3, -0.25) is 0 Å². The van der Waals surface area contributed by atoms with Gasteiger partial charge in [0.2, 0.25) is 0 Å². The van der Waals surface area contributed by atoms with Crippen molar-refractivity contribution in [3.8, 4) is 11.4 Å². The molecule has 1 N–H and O–H groups in total. The zero-order valence-electron chi connectivity index (χ0n) is 13.1. The largest absolute Gasteiger partial charge is 0.324 e. The molecule has 1 atom stereocenters. The molecular weight excluding hydrogens is 260 g/mol. The SMILES string of the molecule is CC(CN(C)C)n1c(-c2ccccc2)nc2c1CCNC2. The van der Waals surface area contributed by atoms with Crippen molar-refractivity contribution >= 4 is 0 Å². The molecule has 112 valence electrons. The molecule has 0 saturated heterocycles. The van der Waals surface area contributed by atoms with Crippen LogP contribution in [-0.4, -0.2) is 41.6 Å². The smallest absolute Gasteiger partial charge is 0.140 e. The Bertz CT molecular complexity index is 601. The van der Waals surface area contributed by atoms with E-state index in [0.29, 0.717) is 6.04 Å². The molecule has 1 aliphatic heterocycles. The molecule has 0 saturated carbocycles. The molecule has 1 aromatic heterocycles. The summed E-state index contributed by atoms with van der Waals surface area (Å²) in [7, 11) is 4.26. The highest BCUT2D eigenvalue weighted by Gasteiger charge is 2.23. The normalized spacial score (nSPS) is 16.0. The highest BCUT2D eigenvalue weighted by molar-refractivity contribution is 5.57. The Morgan fingerprint density at radius 1 is 1.29 bits per heavy atom. The monoisotopic (exact) mass is 284 g/mol. The van der Waals surface area contributed by atoms with Crippen LogP contribution in [-0.2, 0) is 13.0 Å². The molecule has 0 amide bonds. The van der Waals surface area contributed by atoms with Crippen molar-refractivity contribution in [2.75, 3.05) is 27.2 Å². The number of rotatable bonds is 4. The van der Waals surface area contributed by atoms with Gasteiger partial charge in [0.05, 0.1) is 5.69 Å². The van der Waals surface area contributed by atoms with Gasteiger partial charge in [-0.15, -0.1) is 0 Å². The molecule has 0 bridgehead atoms. The van der Waals surface area contributed by atoms with E-state index in [2.05, 4.69) is 66.1 Å². The predicted molar refractivity (Wildman–Crippen MR) is 86.3 cm³/mol. The van der Waals surface area contributed by atoms with Crippen LogP contribution in [0.25, 0.3) is 11.4 Å². The van der Waals surface area contributed by atoms with E-state index in [9.17, 15) is 0 Å². The molecule has 1 unspecified atom stereocenters. The quantitative estimate of drug-likeness (QED) is 0.935. The molecule has 3 rings (SSSR count). The van der Waals surface area contributed by atoms with Crippen LogP contribution in [0.15, 0.2) is 30.3 Å². The van der Waals surface area contributed by atoms with Crippen LogP contribution in [0.3, 0.4) is 0 Å². The maximum absolute atomic E-state index is 4.93. The lowest BCUT2D eigenvalue weighted by atomic mass is 10.1. The maximum atomic E-state index is 4.93. The minimum absolute atomic E-state index is 0.421. The number of aromatic nitrogens is 2. The van der Waals surface area contributed by atoms with Crippen LogP contribution in [0.5, 0.6) is 0 Å². The molecule has 4 nitrogen and oxygen atoms in total. The third-order valence-corrected chi connectivity index (χ3v) is 4.03. The van der Waals surface area contributed by atoms with Gasteiger partial charge in [0.25, 0.3) is 0 Å². The van der Waals surface area contributed by atoms with E-state index in [4.69, 9.17) is 4.98 Å². The van der Waals surface area contributed by atoms with Crippen molar-refractivity contribution in [1.29, 1.82) is 0 Å². The van der Waals surface area contributed by atoms with Gasteiger partial charge in [0, 0.05) is 43.4 Å². The summed E-state index contributed by atoms with van der Waals surface area (Å²) >= 11 is 0. The minimum Gasteiger partial charge on any atom is -0.324 e. The Hall–Kier alpha value is -1.65. The highest BCUT2D eigenvalue weighted by Crippen LogP contribution is 2.28. The Labute approximate surface area is 126 Å². The predicted octanol–water partition coefficient (Wildman–Crippen LogP) is 2.32. The number of likely N-dealkylation sites (N-methyl/N-ethyl adjacent to an activating group) is 1. The minimum atomic E-state index is 0.421. The van der Waals surface area contributed by atoms with Crippen LogP contribution in [0, 0.1) is 0 Å². The molecule has 0 fully saturated rings. The number of nitrogens with one attached hydrogen (secondary N) is 1. The first-order valence-electron chi connectivity index (χ1n) is 7.67. The molecule has 0 aliphatic carbocycles. The molecule has 21 heavy (non-hydrogen) atoms. The third-order valence-electron chi connectivity index (χ3n) is 4.03. The van der Waals surface area contributed by atoms with Gasteiger partial charge in [-0.1, -0.05) is 30.3 Å². The number of nitrogens with zero attached hydrogens (tertiary/aromatic N) is 3. The van der Waals surface area contributed by atoms with Crippen LogP contribution >= 0.6 is 0 Å². The molecule has 1 aromatic carbocycles. The zero-order valence-corrected chi connectivity index (χ0v) is 13.1. The Morgan fingerprint density at radius 3 is 2.76 bits per heavy atom. The second-order valence-electron chi connectivity index (χ2n) is 6.10. The average molecular weight is 284 g/mol. The molecule has 2 heterocycles. The molecule has 1 aliphatic rings. The first kappa shape index (κ1) is 14.3. The van der Waals surface area contributed by atoms with E-state index in [0.717, 1.165) is 31.9 Å². The summed E-state index contributed by atoms with van der Waals surface area (Å²) < 4.78 is 2.45. The standard InChI is InChI=1S/C17H24N4/c1-13(12-20(2)3)21-16-9-10-18-11-15(16)19-17(21)14-7-5-4-6-8-14/h4-8,13,18H,9-12H2,1-3H3. The van der Waals surface area contributed by atoms with E-state index in [1.807, 2.05) is 0 Å². The second kappa shape index (κ2) is 6.00. The van der Waals surface area contributed by atoms with Crippen molar-refractivity contribution in [1.82, 2.24) is 19.8 Å². The topological polar surface area (TPSA) is 33.1 Å². The van der Waals surface area contributed by atoms with Crippen LogP contribution in [0.1, 0.15) is 24.4 Å². The lowest BCUT2D eigenvalue weighted by Gasteiger charge is -2.24. The van der Waals surface area contributed by atoms with E-state index in [-0.39, 0.29) is 0 Å². The van der Waals surface area contributed by atoms with Gasteiger partial charge >= 0.3 is 0 Å².